The third-order valence-corrected chi connectivity index (χ3v) is 3.84. The number of ether oxygens (including phenoxy) is 1. The molecule has 0 aromatic rings. The van der Waals surface area contributed by atoms with Crippen molar-refractivity contribution >= 4 is 28.9 Å². The van der Waals surface area contributed by atoms with Crippen molar-refractivity contribution in [2.45, 2.75) is 12.0 Å². The first-order valence-corrected chi connectivity index (χ1v) is 5.73. The number of aliphatic imine (C=N–C) groups is 1. The molecule has 0 aromatic heterocycles. The molecule has 3 rings (SSSR count). The summed E-state index contributed by atoms with van der Waals surface area (Å²) in [6, 6.07) is 0.717. The lowest BCUT2D eigenvalue weighted by Gasteiger charge is -2.31. The molecule has 3 heterocycles. The Labute approximate surface area is 91.2 Å². The highest BCUT2D eigenvalue weighted by molar-refractivity contribution is 14.1. The number of piperidine rings is 1. The van der Waals surface area contributed by atoms with Gasteiger partial charge in [0.05, 0.1) is 29.4 Å². The first kappa shape index (κ1) is 8.28. The van der Waals surface area contributed by atoms with Crippen LogP contribution in [0.2, 0.25) is 0 Å². The molecule has 1 N–H and O–H groups in total. The van der Waals surface area contributed by atoms with Crippen LogP contribution in [0.4, 0.5) is 0 Å². The second kappa shape index (κ2) is 2.73. The van der Waals surface area contributed by atoms with E-state index in [2.05, 4.69) is 36.3 Å². The number of nitrogens with one attached hydrogen (secondary N) is 1. The van der Waals surface area contributed by atoms with E-state index >= 15 is 0 Å². The van der Waals surface area contributed by atoms with Crippen LogP contribution in [0.15, 0.2) is 4.99 Å². The van der Waals surface area contributed by atoms with E-state index in [-0.39, 0.29) is 5.60 Å². The fourth-order valence-electron chi connectivity index (χ4n) is 2.72. The van der Waals surface area contributed by atoms with E-state index in [9.17, 15) is 0 Å². The zero-order valence-corrected chi connectivity index (χ0v) is 9.45. The molecule has 0 radical (unpaired) electrons. The number of rotatable bonds is 0. The zero-order chi connectivity index (χ0) is 8.89. The Hall–Kier alpha value is -0.0400. The van der Waals surface area contributed by atoms with Crippen LogP contribution in [0.5, 0.6) is 0 Å². The standard InChI is InChI=1S/C8H12IN3O/c9-11-7-10-4-8(13-7)5-12-2-1-6(8)3-12/h6H,1-5H2,(H,10,11)/t6-,8-/m1/s1. The summed E-state index contributed by atoms with van der Waals surface area (Å²) in [7, 11) is 0. The molecule has 3 aliphatic rings. The van der Waals surface area contributed by atoms with Crippen molar-refractivity contribution in [2.24, 2.45) is 10.9 Å². The molecule has 0 aromatic carbocycles. The molecular weight excluding hydrogens is 281 g/mol. The number of nitrogens with zero attached hydrogens (tertiary/aromatic N) is 2. The molecule has 5 heteroatoms. The molecule has 3 atom stereocenters. The van der Waals surface area contributed by atoms with Gasteiger partial charge in [-0.15, -0.1) is 0 Å². The molecule has 2 saturated heterocycles. The van der Waals surface area contributed by atoms with Crippen LogP contribution in [0.1, 0.15) is 6.42 Å². The smallest absolute Gasteiger partial charge is 0.294 e. The van der Waals surface area contributed by atoms with Crippen LogP contribution in [0.3, 0.4) is 0 Å². The summed E-state index contributed by atoms with van der Waals surface area (Å²) in [5.74, 6) is 0.707. The van der Waals surface area contributed by atoms with Crippen molar-refractivity contribution in [1.29, 1.82) is 0 Å². The minimum atomic E-state index is 0.0335. The van der Waals surface area contributed by atoms with Crippen molar-refractivity contribution < 1.29 is 4.74 Å². The quantitative estimate of drug-likeness (QED) is 0.518. The van der Waals surface area contributed by atoms with Crippen LogP contribution < -0.4 is 3.53 Å². The summed E-state index contributed by atoms with van der Waals surface area (Å²) >= 11 is 2.07. The average Bonchev–Trinajstić information content (AvgIpc) is 2.80. The number of halogens is 1. The van der Waals surface area contributed by atoms with Gasteiger partial charge in [0.25, 0.3) is 6.02 Å². The van der Waals surface area contributed by atoms with Gasteiger partial charge < -0.3 is 4.74 Å². The summed E-state index contributed by atoms with van der Waals surface area (Å²) in [5, 5.41) is 0. The molecule has 0 saturated carbocycles. The lowest BCUT2D eigenvalue weighted by Crippen LogP contribution is -2.46. The van der Waals surface area contributed by atoms with Crippen molar-refractivity contribution in [3.05, 3.63) is 0 Å². The van der Waals surface area contributed by atoms with Crippen molar-refractivity contribution in [3.63, 3.8) is 0 Å². The largest absolute Gasteiger partial charge is 0.454 e. The molecule has 1 spiro atoms. The highest BCUT2D eigenvalue weighted by Gasteiger charge is 2.54. The lowest BCUT2D eigenvalue weighted by atomic mass is 9.88. The fraction of sp³-hybridized carbons (Fsp3) is 0.875. The highest BCUT2D eigenvalue weighted by atomic mass is 127. The van der Waals surface area contributed by atoms with Gasteiger partial charge in [-0.2, -0.15) is 0 Å². The number of fused-ring (bicyclic) bond motifs is 3. The van der Waals surface area contributed by atoms with E-state index in [0.29, 0.717) is 11.9 Å². The minimum absolute atomic E-state index is 0.0335. The van der Waals surface area contributed by atoms with Gasteiger partial charge >= 0.3 is 0 Å². The molecule has 1 unspecified atom stereocenters. The van der Waals surface area contributed by atoms with Crippen molar-refractivity contribution in [1.82, 2.24) is 8.43 Å². The molecule has 2 fully saturated rings. The monoisotopic (exact) mass is 293 g/mol. The van der Waals surface area contributed by atoms with Gasteiger partial charge in [0.15, 0.2) is 0 Å². The number of amidine groups is 1. The van der Waals surface area contributed by atoms with Crippen LogP contribution in [0.25, 0.3) is 0 Å². The molecule has 0 aliphatic carbocycles. The summed E-state index contributed by atoms with van der Waals surface area (Å²) < 4.78 is 8.84. The van der Waals surface area contributed by atoms with Gasteiger partial charge in [0.2, 0.25) is 0 Å². The van der Waals surface area contributed by atoms with Crippen LogP contribution in [-0.4, -0.2) is 42.7 Å². The van der Waals surface area contributed by atoms with Crippen molar-refractivity contribution in [3.8, 4) is 0 Å². The van der Waals surface area contributed by atoms with E-state index < -0.39 is 0 Å². The fourth-order valence-corrected chi connectivity index (χ4v) is 3.00. The Morgan fingerprint density at radius 2 is 2.62 bits per heavy atom. The van der Waals surface area contributed by atoms with E-state index in [1.165, 1.54) is 19.5 Å². The molecule has 0 amide bonds. The van der Waals surface area contributed by atoms with E-state index in [4.69, 9.17) is 4.74 Å². The Balaban J connectivity index is 1.79. The molecule has 72 valence electrons. The van der Waals surface area contributed by atoms with Gasteiger partial charge in [0.1, 0.15) is 5.60 Å². The SMILES string of the molecule is INC1=NC[C@]2(CN3CC[C@@H]2C3)O1. The molecular formula is C8H12IN3O. The first-order chi connectivity index (χ1) is 6.32. The summed E-state index contributed by atoms with van der Waals surface area (Å²) in [6.45, 7) is 4.38. The predicted molar refractivity (Wildman–Crippen MR) is 57.8 cm³/mol. The highest BCUT2D eigenvalue weighted by Crippen LogP contribution is 2.41. The van der Waals surface area contributed by atoms with Gasteiger partial charge in [-0.3, -0.25) is 8.43 Å². The second-order valence-corrected chi connectivity index (χ2v) is 4.64. The molecule has 2 bridgehead atoms. The van der Waals surface area contributed by atoms with E-state index in [1.54, 1.807) is 0 Å². The van der Waals surface area contributed by atoms with Gasteiger partial charge in [0, 0.05) is 19.0 Å². The van der Waals surface area contributed by atoms with Crippen LogP contribution >= 0.6 is 22.9 Å². The number of hydrogen-bond acceptors (Lipinski definition) is 4. The zero-order valence-electron chi connectivity index (χ0n) is 7.29. The van der Waals surface area contributed by atoms with E-state index in [0.717, 1.165) is 13.1 Å². The van der Waals surface area contributed by atoms with Gasteiger partial charge in [-0.05, 0) is 13.0 Å². The van der Waals surface area contributed by atoms with Crippen LogP contribution in [0, 0.1) is 5.92 Å². The first-order valence-electron chi connectivity index (χ1n) is 4.65. The van der Waals surface area contributed by atoms with Crippen LogP contribution in [-0.2, 0) is 4.74 Å². The Bertz CT molecular complexity index is 270. The lowest BCUT2D eigenvalue weighted by molar-refractivity contribution is 0.0345. The number of hydrogen-bond donors (Lipinski definition) is 1. The maximum Gasteiger partial charge on any atom is 0.294 e. The predicted octanol–water partition coefficient (Wildman–Crippen LogP) is 0.387. The summed E-state index contributed by atoms with van der Waals surface area (Å²) in [5.41, 5.74) is 0.0335. The topological polar surface area (TPSA) is 36.9 Å². The Morgan fingerprint density at radius 1 is 1.69 bits per heavy atom. The average molecular weight is 293 g/mol. The molecule has 3 aliphatic heterocycles. The van der Waals surface area contributed by atoms with Gasteiger partial charge in [-0.1, -0.05) is 0 Å². The third-order valence-electron chi connectivity index (χ3n) is 3.38. The Kier molecular flexibility index (Phi) is 1.74. The molecule has 4 nitrogen and oxygen atoms in total. The van der Waals surface area contributed by atoms with E-state index in [1.807, 2.05) is 0 Å². The van der Waals surface area contributed by atoms with Crippen molar-refractivity contribution in [2.75, 3.05) is 26.2 Å². The third kappa shape index (κ3) is 1.09. The normalized spacial score (nSPS) is 46.7. The summed E-state index contributed by atoms with van der Waals surface area (Å²) in [4.78, 5) is 6.84. The maximum absolute atomic E-state index is 5.88. The minimum Gasteiger partial charge on any atom is -0.454 e. The maximum atomic E-state index is 5.88. The van der Waals surface area contributed by atoms with Gasteiger partial charge in [-0.25, -0.2) is 4.99 Å². The Morgan fingerprint density at radius 3 is 3.15 bits per heavy atom. The molecule has 13 heavy (non-hydrogen) atoms. The summed E-state index contributed by atoms with van der Waals surface area (Å²) in [6.07, 6.45) is 1.28. The second-order valence-electron chi connectivity index (χ2n) is 4.10.